The summed E-state index contributed by atoms with van der Waals surface area (Å²) in [4.78, 5) is 16.1. The fourth-order valence-electron chi connectivity index (χ4n) is 5.95. The number of halogens is 4. The van der Waals surface area contributed by atoms with Crippen LogP contribution < -0.4 is 5.32 Å². The first kappa shape index (κ1) is 30.1. The summed E-state index contributed by atoms with van der Waals surface area (Å²) < 4.78 is 68.3. The van der Waals surface area contributed by atoms with Gasteiger partial charge < -0.3 is 20.0 Å². The monoisotopic (exact) mass is 639 g/mol. The molecule has 0 radical (unpaired) electrons. The molecule has 0 aliphatic heterocycles. The highest BCUT2D eigenvalue weighted by atomic mass is 35.5. The molecule has 2 fully saturated rings. The van der Waals surface area contributed by atoms with Gasteiger partial charge >= 0.3 is 6.18 Å². The Morgan fingerprint density at radius 2 is 2.00 bits per heavy atom. The molecule has 0 unspecified atom stereocenters. The molecule has 3 N–H and O–H groups in total. The van der Waals surface area contributed by atoms with Crippen LogP contribution >= 0.6 is 11.6 Å². The van der Waals surface area contributed by atoms with Crippen molar-refractivity contribution in [3.63, 3.8) is 0 Å². The van der Waals surface area contributed by atoms with Gasteiger partial charge in [-0.05, 0) is 56.7 Å². The molecule has 10 nitrogen and oxygen atoms in total. The van der Waals surface area contributed by atoms with Gasteiger partial charge in [0.1, 0.15) is 23.6 Å². The van der Waals surface area contributed by atoms with Crippen LogP contribution in [0.5, 0.6) is 0 Å². The number of rotatable bonds is 11. The number of hydrogen-bond donors (Lipinski definition) is 3. The molecule has 3 atom stereocenters. The van der Waals surface area contributed by atoms with Crippen molar-refractivity contribution in [2.75, 3.05) is 24.7 Å². The van der Waals surface area contributed by atoms with Crippen molar-refractivity contribution in [3.8, 4) is 0 Å². The average Bonchev–Trinajstić information content (AvgIpc) is 3.32. The number of aromatic amines is 1. The molecular formula is C28H33ClF3N7O3S. The number of benzene rings is 1. The second-order valence-electron chi connectivity index (χ2n) is 11.7. The number of anilines is 1. The van der Waals surface area contributed by atoms with Gasteiger partial charge in [-0.2, -0.15) is 13.2 Å². The van der Waals surface area contributed by atoms with Gasteiger partial charge in [0.05, 0.1) is 39.4 Å². The summed E-state index contributed by atoms with van der Waals surface area (Å²) in [6.07, 6.45) is 4.29. The van der Waals surface area contributed by atoms with E-state index in [9.17, 15) is 26.7 Å². The summed E-state index contributed by atoms with van der Waals surface area (Å²) in [7, 11) is -3.54. The molecule has 0 amide bonds. The van der Waals surface area contributed by atoms with Crippen LogP contribution in [0.1, 0.15) is 56.0 Å². The van der Waals surface area contributed by atoms with Crippen molar-refractivity contribution >= 4 is 49.5 Å². The molecule has 0 bridgehead atoms. The quantitative estimate of drug-likeness (QED) is 0.194. The molecule has 4 aromatic rings. The fraction of sp³-hybridized carbons (Fsp3) is 0.536. The topological polar surface area (TPSA) is 129 Å². The van der Waals surface area contributed by atoms with Crippen molar-refractivity contribution in [2.24, 2.45) is 5.92 Å². The zero-order chi connectivity index (χ0) is 30.5. The Hall–Kier alpha value is -2.94. The molecule has 232 valence electrons. The van der Waals surface area contributed by atoms with Gasteiger partial charge in [0, 0.05) is 43.7 Å². The number of aryl methyl sites for hydroxylation is 1. The molecule has 0 saturated heterocycles. The second-order valence-corrected chi connectivity index (χ2v) is 14.1. The van der Waals surface area contributed by atoms with E-state index in [1.54, 1.807) is 0 Å². The number of nitrogens with one attached hydrogen (secondary N) is 2. The molecule has 43 heavy (non-hydrogen) atoms. The standard InChI is InChI=1S/C28H33ClF3N7O3S/c1-43(41,42)38(8-3-2-4-25-36-22-12-20(28(30,31)32)21(29)13-23(22)37-25)14-16-10-18(11-24(16)40)39-9-7-19-26(35-17-5-6-17)33-15-34-27(19)39/h7,9,12-13,15-18,24,40H,2-6,8,10-11,14H2,1H3,(H,36,37)(H,33,34,35)/t16-,18-,24+/m1/s1. The highest BCUT2D eigenvalue weighted by Gasteiger charge is 2.37. The lowest BCUT2D eigenvalue weighted by Crippen LogP contribution is -2.37. The number of sulfonamides is 1. The van der Waals surface area contributed by atoms with Crippen molar-refractivity contribution in [1.82, 2.24) is 28.8 Å². The van der Waals surface area contributed by atoms with Crippen LogP contribution in [-0.2, 0) is 22.6 Å². The normalized spacial score (nSPS) is 21.4. The van der Waals surface area contributed by atoms with E-state index in [0.717, 1.165) is 42.0 Å². The minimum absolute atomic E-state index is 0.0259. The molecule has 0 spiro atoms. The highest BCUT2D eigenvalue weighted by Crippen LogP contribution is 2.39. The third-order valence-corrected chi connectivity index (χ3v) is 9.94. The number of fused-ring (bicyclic) bond motifs is 2. The molecule has 1 aromatic carbocycles. The van der Waals surface area contributed by atoms with Gasteiger partial charge in [0.15, 0.2) is 0 Å². The van der Waals surface area contributed by atoms with E-state index in [1.165, 1.54) is 16.7 Å². The summed E-state index contributed by atoms with van der Waals surface area (Å²) in [5.74, 6) is 1.07. The van der Waals surface area contributed by atoms with E-state index in [0.29, 0.717) is 49.5 Å². The van der Waals surface area contributed by atoms with Gasteiger partial charge in [0.2, 0.25) is 10.0 Å². The molecule has 15 heteroatoms. The third kappa shape index (κ3) is 6.61. The number of aliphatic hydroxyl groups excluding tert-OH is 1. The predicted molar refractivity (Wildman–Crippen MR) is 157 cm³/mol. The summed E-state index contributed by atoms with van der Waals surface area (Å²) in [6.45, 7) is 0.454. The fourth-order valence-corrected chi connectivity index (χ4v) is 7.14. The van der Waals surface area contributed by atoms with Crippen LogP contribution in [0.3, 0.4) is 0 Å². The van der Waals surface area contributed by atoms with Crippen LogP contribution in [0.4, 0.5) is 19.0 Å². The first-order valence-corrected chi connectivity index (χ1v) is 16.6. The molecule has 6 rings (SSSR count). The zero-order valence-electron chi connectivity index (χ0n) is 23.5. The van der Waals surface area contributed by atoms with Crippen LogP contribution in [0.15, 0.2) is 30.7 Å². The number of aliphatic hydroxyl groups is 1. The molecule has 2 saturated carbocycles. The summed E-state index contributed by atoms with van der Waals surface area (Å²) in [6, 6.07) is 4.55. The Morgan fingerprint density at radius 1 is 1.21 bits per heavy atom. The number of imidazole rings is 1. The first-order valence-electron chi connectivity index (χ1n) is 14.3. The van der Waals surface area contributed by atoms with Crippen LogP contribution in [-0.4, -0.2) is 73.8 Å². The molecular weight excluding hydrogens is 607 g/mol. The number of H-pyrrole nitrogens is 1. The van der Waals surface area contributed by atoms with E-state index < -0.39 is 32.9 Å². The Kier molecular flexibility index (Phi) is 8.07. The van der Waals surface area contributed by atoms with Crippen LogP contribution in [0.2, 0.25) is 5.02 Å². The predicted octanol–water partition coefficient (Wildman–Crippen LogP) is 5.15. The lowest BCUT2D eigenvalue weighted by Gasteiger charge is -2.25. The van der Waals surface area contributed by atoms with E-state index in [4.69, 9.17) is 11.6 Å². The lowest BCUT2D eigenvalue weighted by atomic mass is 10.1. The maximum Gasteiger partial charge on any atom is 0.417 e. The van der Waals surface area contributed by atoms with E-state index in [1.807, 2.05) is 12.3 Å². The largest absolute Gasteiger partial charge is 0.417 e. The number of unbranched alkanes of at least 4 members (excludes halogenated alkanes) is 1. The highest BCUT2D eigenvalue weighted by molar-refractivity contribution is 7.88. The Balaban J connectivity index is 1.07. The van der Waals surface area contributed by atoms with E-state index in [2.05, 4.69) is 29.8 Å². The number of aromatic nitrogens is 5. The minimum Gasteiger partial charge on any atom is -0.393 e. The van der Waals surface area contributed by atoms with Crippen molar-refractivity contribution in [3.05, 3.63) is 47.1 Å². The molecule has 3 aromatic heterocycles. The van der Waals surface area contributed by atoms with Gasteiger partial charge in [-0.25, -0.2) is 27.7 Å². The third-order valence-electron chi connectivity index (χ3n) is 8.36. The summed E-state index contributed by atoms with van der Waals surface area (Å²) >= 11 is 5.81. The first-order chi connectivity index (χ1) is 20.4. The molecule has 3 heterocycles. The van der Waals surface area contributed by atoms with Gasteiger partial charge in [-0.1, -0.05) is 11.6 Å². The van der Waals surface area contributed by atoms with Crippen molar-refractivity contribution in [2.45, 2.75) is 69.3 Å². The van der Waals surface area contributed by atoms with Gasteiger partial charge in [-0.15, -0.1) is 0 Å². The van der Waals surface area contributed by atoms with Gasteiger partial charge in [-0.3, -0.25) is 0 Å². The average molecular weight is 640 g/mol. The summed E-state index contributed by atoms with van der Waals surface area (Å²) in [5, 5.41) is 14.9. The minimum atomic E-state index is -4.57. The maximum absolute atomic E-state index is 13.2. The zero-order valence-corrected chi connectivity index (χ0v) is 25.1. The van der Waals surface area contributed by atoms with Gasteiger partial charge in [0.25, 0.3) is 0 Å². The maximum atomic E-state index is 13.2. The Bertz CT molecular complexity index is 1740. The lowest BCUT2D eigenvalue weighted by molar-refractivity contribution is -0.137. The van der Waals surface area contributed by atoms with Crippen molar-refractivity contribution in [1.29, 1.82) is 0 Å². The smallest absolute Gasteiger partial charge is 0.393 e. The number of nitrogens with zero attached hydrogens (tertiary/aromatic N) is 5. The summed E-state index contributed by atoms with van der Waals surface area (Å²) in [5.41, 5.74) is 0.448. The number of hydrogen-bond acceptors (Lipinski definition) is 7. The van der Waals surface area contributed by atoms with Crippen LogP contribution in [0.25, 0.3) is 22.1 Å². The van der Waals surface area contributed by atoms with E-state index in [-0.39, 0.29) is 30.6 Å². The second kappa shape index (κ2) is 11.5. The van der Waals surface area contributed by atoms with Crippen LogP contribution in [0, 0.1) is 5.92 Å². The SMILES string of the molecule is CS(=O)(=O)N(CCCCc1nc2cc(Cl)c(C(F)(F)F)cc2[nH]1)C[C@H]1C[C@@H](n2ccc3c(NC4CC4)ncnc32)C[C@@H]1O. The molecule has 2 aliphatic carbocycles. The number of alkyl halides is 3. The Morgan fingerprint density at radius 3 is 2.72 bits per heavy atom. The van der Waals surface area contributed by atoms with E-state index >= 15 is 0 Å². The molecule has 2 aliphatic rings. The van der Waals surface area contributed by atoms with Crippen molar-refractivity contribution < 1.29 is 26.7 Å². The Labute approximate surface area is 251 Å².